The van der Waals surface area contributed by atoms with E-state index in [-0.39, 0.29) is 17.8 Å². The number of hydrogen-bond acceptors (Lipinski definition) is 3. The third kappa shape index (κ3) is 3.63. The van der Waals surface area contributed by atoms with E-state index < -0.39 is 6.10 Å². The van der Waals surface area contributed by atoms with E-state index in [1.54, 1.807) is 11.0 Å². The van der Waals surface area contributed by atoms with Crippen LogP contribution in [0.1, 0.15) is 23.3 Å². The van der Waals surface area contributed by atoms with Crippen LogP contribution in [-0.2, 0) is 14.3 Å². The summed E-state index contributed by atoms with van der Waals surface area (Å²) in [4.78, 5) is 14.6. The fourth-order valence-corrected chi connectivity index (χ4v) is 2.93. The van der Waals surface area contributed by atoms with Crippen LogP contribution in [0, 0.1) is 5.82 Å². The summed E-state index contributed by atoms with van der Waals surface area (Å²) in [6.45, 7) is 1.30. The monoisotopic (exact) mass is 329 g/mol. The highest BCUT2D eigenvalue weighted by atomic mass is 19.1. The number of rotatable bonds is 4. The second-order valence-corrected chi connectivity index (χ2v) is 5.73. The van der Waals surface area contributed by atoms with Gasteiger partial charge in [-0.3, -0.25) is 4.79 Å². The smallest absolute Gasteiger partial charge is 0.256 e. The van der Waals surface area contributed by atoms with E-state index in [4.69, 9.17) is 9.47 Å². The fourth-order valence-electron chi connectivity index (χ4n) is 2.93. The zero-order valence-corrected chi connectivity index (χ0v) is 13.5. The maximum atomic E-state index is 13.4. The van der Waals surface area contributed by atoms with Gasteiger partial charge in [0.25, 0.3) is 5.91 Å². The lowest BCUT2D eigenvalue weighted by atomic mass is 10.1. The predicted octanol–water partition coefficient (Wildman–Crippen LogP) is 3.11. The molecule has 0 spiro atoms. The van der Waals surface area contributed by atoms with Crippen LogP contribution < -0.4 is 0 Å². The van der Waals surface area contributed by atoms with E-state index in [0.717, 1.165) is 11.1 Å². The largest absolute Gasteiger partial charge is 0.370 e. The third-order valence-electron chi connectivity index (χ3n) is 4.16. The van der Waals surface area contributed by atoms with Crippen LogP contribution in [-0.4, -0.2) is 37.6 Å². The van der Waals surface area contributed by atoms with E-state index >= 15 is 0 Å². The predicted molar refractivity (Wildman–Crippen MR) is 87.9 cm³/mol. The zero-order valence-electron chi connectivity index (χ0n) is 13.5. The molecule has 1 heterocycles. The minimum Gasteiger partial charge on any atom is -0.370 e. The van der Waals surface area contributed by atoms with Gasteiger partial charge in [0.1, 0.15) is 11.9 Å². The molecule has 1 aliphatic heterocycles. The van der Waals surface area contributed by atoms with Gasteiger partial charge in [0.15, 0.2) is 6.10 Å². The second kappa shape index (κ2) is 7.55. The molecule has 5 heteroatoms. The molecule has 2 atom stereocenters. The molecular weight excluding hydrogens is 309 g/mol. The highest BCUT2D eigenvalue weighted by Gasteiger charge is 2.31. The fraction of sp³-hybridized carbons (Fsp3) is 0.316. The Morgan fingerprint density at radius 2 is 2.04 bits per heavy atom. The second-order valence-electron chi connectivity index (χ2n) is 5.73. The first-order chi connectivity index (χ1) is 11.7. The quantitative estimate of drug-likeness (QED) is 0.865. The Labute approximate surface area is 140 Å². The van der Waals surface area contributed by atoms with Gasteiger partial charge in [-0.1, -0.05) is 42.5 Å². The molecule has 1 saturated heterocycles. The van der Waals surface area contributed by atoms with Crippen molar-refractivity contribution in [3.63, 3.8) is 0 Å². The van der Waals surface area contributed by atoms with Crippen LogP contribution >= 0.6 is 0 Å². The molecule has 2 aromatic rings. The van der Waals surface area contributed by atoms with Gasteiger partial charge in [-0.15, -0.1) is 0 Å². The molecule has 2 aromatic carbocycles. The van der Waals surface area contributed by atoms with Crippen molar-refractivity contribution >= 4 is 5.91 Å². The Balaban J connectivity index is 1.75. The van der Waals surface area contributed by atoms with Crippen LogP contribution in [0.15, 0.2) is 54.6 Å². The Morgan fingerprint density at radius 3 is 2.75 bits per heavy atom. The molecule has 0 aliphatic carbocycles. The van der Waals surface area contributed by atoms with Crippen molar-refractivity contribution in [2.45, 2.75) is 12.2 Å². The van der Waals surface area contributed by atoms with Crippen LogP contribution in [0.25, 0.3) is 0 Å². The van der Waals surface area contributed by atoms with Crippen LogP contribution in [0.3, 0.4) is 0 Å². The van der Waals surface area contributed by atoms with Crippen molar-refractivity contribution in [3.05, 3.63) is 71.5 Å². The Kier molecular flexibility index (Phi) is 5.23. The molecule has 126 valence electrons. The highest BCUT2D eigenvalue weighted by Crippen LogP contribution is 2.26. The average Bonchev–Trinajstić information content (AvgIpc) is 2.63. The molecule has 0 N–H and O–H groups in total. The number of carbonyl (C=O) groups is 1. The molecule has 1 aliphatic rings. The average molecular weight is 329 g/mol. The van der Waals surface area contributed by atoms with Crippen molar-refractivity contribution in [1.29, 1.82) is 0 Å². The number of hydrogen-bond donors (Lipinski definition) is 0. The SMILES string of the molecule is CO[C@@H](C(=O)N1CCOC(c2cccc(F)c2)C1)c1ccccc1. The first kappa shape index (κ1) is 16.6. The van der Waals surface area contributed by atoms with Gasteiger partial charge in [-0.25, -0.2) is 4.39 Å². The molecular formula is C19H20FNO3. The first-order valence-electron chi connectivity index (χ1n) is 7.92. The number of amides is 1. The lowest BCUT2D eigenvalue weighted by Gasteiger charge is -2.35. The molecule has 24 heavy (non-hydrogen) atoms. The van der Waals surface area contributed by atoms with E-state index in [2.05, 4.69) is 0 Å². The van der Waals surface area contributed by atoms with Crippen molar-refractivity contribution in [3.8, 4) is 0 Å². The first-order valence-corrected chi connectivity index (χ1v) is 7.92. The van der Waals surface area contributed by atoms with Crippen molar-refractivity contribution in [2.24, 2.45) is 0 Å². The molecule has 0 aromatic heterocycles. The summed E-state index contributed by atoms with van der Waals surface area (Å²) >= 11 is 0. The maximum Gasteiger partial charge on any atom is 0.256 e. The Morgan fingerprint density at radius 1 is 1.25 bits per heavy atom. The summed E-state index contributed by atoms with van der Waals surface area (Å²) in [7, 11) is 1.53. The van der Waals surface area contributed by atoms with Crippen LogP contribution in [0.4, 0.5) is 4.39 Å². The summed E-state index contributed by atoms with van der Waals surface area (Å²) in [5.41, 5.74) is 1.56. The Bertz CT molecular complexity index is 692. The van der Waals surface area contributed by atoms with E-state index in [0.29, 0.717) is 19.7 Å². The number of methoxy groups -OCH3 is 1. The molecule has 4 nitrogen and oxygen atoms in total. The number of carbonyl (C=O) groups excluding carboxylic acids is 1. The minimum atomic E-state index is -0.641. The van der Waals surface area contributed by atoms with E-state index in [1.165, 1.54) is 19.2 Å². The summed E-state index contributed by atoms with van der Waals surface area (Å²) in [5, 5.41) is 0. The van der Waals surface area contributed by atoms with Crippen LogP contribution in [0.5, 0.6) is 0 Å². The van der Waals surface area contributed by atoms with Crippen molar-refractivity contribution in [2.75, 3.05) is 26.8 Å². The topological polar surface area (TPSA) is 38.8 Å². The molecule has 0 bridgehead atoms. The molecule has 1 amide bonds. The highest BCUT2D eigenvalue weighted by molar-refractivity contribution is 5.82. The zero-order chi connectivity index (χ0) is 16.9. The van der Waals surface area contributed by atoms with E-state index in [1.807, 2.05) is 36.4 Å². The minimum absolute atomic E-state index is 0.103. The van der Waals surface area contributed by atoms with Gasteiger partial charge >= 0.3 is 0 Å². The maximum absolute atomic E-state index is 13.4. The summed E-state index contributed by atoms with van der Waals surface area (Å²) in [6.07, 6.45) is -0.968. The van der Waals surface area contributed by atoms with Gasteiger partial charge in [-0.05, 0) is 23.3 Å². The number of nitrogens with zero attached hydrogens (tertiary/aromatic N) is 1. The summed E-state index contributed by atoms with van der Waals surface area (Å²) in [5.74, 6) is -0.410. The number of morpholine rings is 1. The number of benzene rings is 2. The molecule has 0 saturated carbocycles. The van der Waals surface area contributed by atoms with Gasteiger partial charge < -0.3 is 14.4 Å². The van der Waals surface area contributed by atoms with Gasteiger partial charge in [0.2, 0.25) is 0 Å². The lowest BCUT2D eigenvalue weighted by molar-refractivity contribution is -0.150. The van der Waals surface area contributed by atoms with E-state index in [9.17, 15) is 9.18 Å². The summed E-state index contributed by atoms with van der Waals surface area (Å²) < 4.78 is 24.6. The van der Waals surface area contributed by atoms with Gasteiger partial charge in [0, 0.05) is 13.7 Å². The number of ether oxygens (including phenoxy) is 2. The molecule has 1 fully saturated rings. The van der Waals surface area contributed by atoms with Crippen molar-refractivity contribution in [1.82, 2.24) is 4.90 Å². The lowest BCUT2D eigenvalue weighted by Crippen LogP contribution is -2.44. The molecule has 1 unspecified atom stereocenters. The van der Waals surface area contributed by atoms with Crippen LogP contribution in [0.2, 0.25) is 0 Å². The molecule has 0 radical (unpaired) electrons. The standard InChI is InChI=1S/C19H20FNO3/c1-23-18(14-6-3-2-4-7-14)19(22)21-10-11-24-17(13-21)15-8-5-9-16(20)12-15/h2-9,12,17-18H,10-11,13H2,1H3/t17?,18-/m1/s1. The Hall–Kier alpha value is -2.24. The number of halogens is 1. The van der Waals surface area contributed by atoms with Gasteiger partial charge in [-0.2, -0.15) is 0 Å². The summed E-state index contributed by atoms with van der Waals surface area (Å²) in [6, 6.07) is 15.7. The normalized spacial score (nSPS) is 19.1. The third-order valence-corrected chi connectivity index (χ3v) is 4.16. The molecule has 3 rings (SSSR count). The van der Waals surface area contributed by atoms with Crippen molar-refractivity contribution < 1.29 is 18.7 Å². The van der Waals surface area contributed by atoms with Gasteiger partial charge in [0.05, 0.1) is 13.2 Å².